The summed E-state index contributed by atoms with van der Waals surface area (Å²) < 4.78 is 5.16. The molecule has 0 spiro atoms. The normalized spacial score (nSPS) is 22.1. The maximum absolute atomic E-state index is 11.7. The molecule has 0 aliphatic heterocycles. The van der Waals surface area contributed by atoms with Gasteiger partial charge in [-0.3, -0.25) is 4.79 Å². The highest BCUT2D eigenvalue weighted by Crippen LogP contribution is 2.26. The first kappa shape index (κ1) is 14.9. The number of rotatable bonds is 4. The molecule has 0 aromatic heterocycles. The second-order valence-corrected chi connectivity index (χ2v) is 5.43. The van der Waals surface area contributed by atoms with Crippen molar-refractivity contribution in [1.29, 1.82) is 0 Å². The van der Waals surface area contributed by atoms with Gasteiger partial charge in [0.1, 0.15) is 6.61 Å². The maximum atomic E-state index is 11.7. The number of ether oxygens (including phenoxy) is 1. The van der Waals surface area contributed by atoms with Crippen LogP contribution in [0.3, 0.4) is 0 Å². The Labute approximate surface area is 123 Å². The Morgan fingerprint density at radius 3 is 2.40 bits per heavy atom. The van der Waals surface area contributed by atoms with Crippen molar-refractivity contribution in [2.24, 2.45) is 5.92 Å². The summed E-state index contributed by atoms with van der Waals surface area (Å²) in [5, 5.41) is 2.56. The molecule has 4 nitrogen and oxygen atoms in total. The molecule has 1 aromatic carbocycles. The molecule has 1 aliphatic rings. The van der Waals surface area contributed by atoms with E-state index in [1.807, 2.05) is 30.3 Å². The lowest BCUT2D eigenvalue weighted by molar-refractivity contribution is -0.116. The molecular formula is C15H18ClNO3. The summed E-state index contributed by atoms with van der Waals surface area (Å²) in [6.07, 6.45) is 2.58. The molecule has 2 rings (SSSR count). The van der Waals surface area contributed by atoms with Gasteiger partial charge in [0, 0.05) is 12.0 Å². The Morgan fingerprint density at radius 1 is 1.15 bits per heavy atom. The molecule has 1 aromatic rings. The fourth-order valence-corrected chi connectivity index (χ4v) is 2.61. The van der Waals surface area contributed by atoms with Gasteiger partial charge in [-0.2, -0.15) is 0 Å². The number of hydrogen-bond donors (Lipinski definition) is 1. The summed E-state index contributed by atoms with van der Waals surface area (Å²) >= 11 is 5.48. The molecule has 1 amide bonds. The fourth-order valence-electron chi connectivity index (χ4n) is 2.40. The second-order valence-electron chi connectivity index (χ2n) is 5.06. The summed E-state index contributed by atoms with van der Waals surface area (Å²) in [5.41, 5.74) is 0.957. The lowest BCUT2D eigenvalue weighted by Gasteiger charge is -2.26. The Morgan fingerprint density at radius 2 is 1.80 bits per heavy atom. The van der Waals surface area contributed by atoms with Crippen LogP contribution in [0.4, 0.5) is 4.79 Å². The largest absolute Gasteiger partial charge is 0.445 e. The summed E-state index contributed by atoms with van der Waals surface area (Å²) in [4.78, 5) is 22.7. The first-order valence-corrected chi connectivity index (χ1v) is 7.19. The van der Waals surface area contributed by atoms with E-state index in [9.17, 15) is 9.59 Å². The van der Waals surface area contributed by atoms with Crippen LogP contribution < -0.4 is 5.32 Å². The van der Waals surface area contributed by atoms with E-state index < -0.39 is 6.09 Å². The predicted molar refractivity (Wildman–Crippen MR) is 76.4 cm³/mol. The highest BCUT2D eigenvalue weighted by atomic mass is 35.5. The van der Waals surface area contributed by atoms with Crippen LogP contribution in [0.15, 0.2) is 30.3 Å². The van der Waals surface area contributed by atoms with Gasteiger partial charge in [0.05, 0.1) is 0 Å². The molecule has 1 fully saturated rings. The Hall–Kier alpha value is -1.55. The average Bonchev–Trinajstić information content (AvgIpc) is 2.47. The summed E-state index contributed by atoms with van der Waals surface area (Å²) in [6.45, 7) is 0.266. The zero-order chi connectivity index (χ0) is 14.4. The molecule has 20 heavy (non-hydrogen) atoms. The number of nitrogens with one attached hydrogen (secondary N) is 1. The zero-order valence-electron chi connectivity index (χ0n) is 11.2. The third-order valence-corrected chi connectivity index (χ3v) is 3.89. The topological polar surface area (TPSA) is 55.4 Å². The summed E-state index contributed by atoms with van der Waals surface area (Å²) in [7, 11) is 0. The van der Waals surface area contributed by atoms with Crippen molar-refractivity contribution >= 4 is 22.9 Å². The van der Waals surface area contributed by atoms with Crippen molar-refractivity contribution in [1.82, 2.24) is 5.32 Å². The van der Waals surface area contributed by atoms with Crippen molar-refractivity contribution in [3.63, 3.8) is 0 Å². The van der Waals surface area contributed by atoms with Crippen molar-refractivity contribution in [2.45, 2.75) is 38.3 Å². The molecular weight excluding hydrogens is 278 g/mol. The number of amides is 1. The quantitative estimate of drug-likeness (QED) is 0.868. The van der Waals surface area contributed by atoms with Crippen LogP contribution in [0.25, 0.3) is 0 Å². The van der Waals surface area contributed by atoms with Crippen LogP contribution >= 0.6 is 11.6 Å². The van der Waals surface area contributed by atoms with Gasteiger partial charge in [0.2, 0.25) is 5.24 Å². The van der Waals surface area contributed by atoms with Crippen molar-refractivity contribution in [2.75, 3.05) is 0 Å². The molecule has 108 valence electrons. The molecule has 5 heteroatoms. The molecule has 0 saturated heterocycles. The number of benzene rings is 1. The Balaban J connectivity index is 1.69. The molecule has 0 radical (unpaired) electrons. The molecule has 1 aliphatic carbocycles. The van der Waals surface area contributed by atoms with E-state index in [2.05, 4.69) is 5.32 Å². The highest BCUT2D eigenvalue weighted by molar-refractivity contribution is 6.63. The predicted octanol–water partition coefficient (Wildman–Crippen LogP) is 3.24. The Bertz CT molecular complexity index is 455. The van der Waals surface area contributed by atoms with Crippen LogP contribution in [0.1, 0.15) is 31.2 Å². The standard InChI is InChI=1S/C15H18ClNO3/c16-14(18)12-6-8-13(9-7-12)17-15(19)20-10-11-4-2-1-3-5-11/h1-5,12-13H,6-10H2,(H,17,19). The number of hydrogen-bond acceptors (Lipinski definition) is 3. The first-order chi connectivity index (χ1) is 9.65. The van der Waals surface area contributed by atoms with Crippen molar-refractivity contribution < 1.29 is 14.3 Å². The third-order valence-electron chi connectivity index (χ3n) is 3.58. The van der Waals surface area contributed by atoms with Gasteiger partial charge in [-0.15, -0.1) is 0 Å². The SMILES string of the molecule is O=C(NC1CCC(C(=O)Cl)CC1)OCc1ccccc1. The lowest BCUT2D eigenvalue weighted by Crippen LogP contribution is -2.38. The van der Waals surface area contributed by atoms with Gasteiger partial charge < -0.3 is 10.1 Å². The van der Waals surface area contributed by atoms with Crippen LogP contribution in [0.2, 0.25) is 0 Å². The van der Waals surface area contributed by atoms with Gasteiger partial charge in [-0.05, 0) is 42.8 Å². The second kappa shape index (κ2) is 7.29. The number of carbonyl (C=O) groups excluding carboxylic acids is 2. The number of halogens is 1. The monoisotopic (exact) mass is 295 g/mol. The van der Waals surface area contributed by atoms with E-state index >= 15 is 0 Å². The minimum Gasteiger partial charge on any atom is -0.445 e. The Kier molecular flexibility index (Phi) is 5.41. The highest BCUT2D eigenvalue weighted by Gasteiger charge is 2.26. The van der Waals surface area contributed by atoms with Crippen molar-refractivity contribution in [3.8, 4) is 0 Å². The van der Waals surface area contributed by atoms with Gasteiger partial charge in [0.25, 0.3) is 0 Å². The molecule has 0 bridgehead atoms. The van der Waals surface area contributed by atoms with E-state index in [1.54, 1.807) is 0 Å². The van der Waals surface area contributed by atoms with Gasteiger partial charge >= 0.3 is 6.09 Å². The smallest absolute Gasteiger partial charge is 0.407 e. The first-order valence-electron chi connectivity index (χ1n) is 6.81. The minimum atomic E-state index is -0.408. The summed E-state index contributed by atoms with van der Waals surface area (Å²) in [6, 6.07) is 9.61. The van der Waals surface area contributed by atoms with Crippen LogP contribution in [0.5, 0.6) is 0 Å². The number of alkyl carbamates (subject to hydrolysis) is 1. The van der Waals surface area contributed by atoms with E-state index in [4.69, 9.17) is 16.3 Å². The van der Waals surface area contributed by atoms with Gasteiger partial charge in [-0.25, -0.2) is 4.79 Å². The third kappa shape index (κ3) is 4.53. The van der Waals surface area contributed by atoms with Crippen LogP contribution in [-0.4, -0.2) is 17.4 Å². The van der Waals surface area contributed by atoms with Crippen LogP contribution in [0, 0.1) is 5.92 Å². The molecule has 0 heterocycles. The van der Waals surface area contributed by atoms with E-state index in [1.165, 1.54) is 0 Å². The maximum Gasteiger partial charge on any atom is 0.407 e. The van der Waals surface area contributed by atoms with E-state index in [0.717, 1.165) is 31.2 Å². The molecule has 0 atom stereocenters. The zero-order valence-corrected chi connectivity index (χ0v) is 11.9. The van der Waals surface area contributed by atoms with Gasteiger partial charge in [0.15, 0.2) is 0 Å². The lowest BCUT2D eigenvalue weighted by atomic mass is 9.87. The number of carbonyl (C=O) groups is 2. The average molecular weight is 296 g/mol. The van der Waals surface area contributed by atoms with Crippen molar-refractivity contribution in [3.05, 3.63) is 35.9 Å². The van der Waals surface area contributed by atoms with E-state index in [0.29, 0.717) is 0 Å². The summed E-state index contributed by atoms with van der Waals surface area (Å²) in [5.74, 6) is -0.0601. The molecule has 1 N–H and O–H groups in total. The molecule has 0 unspecified atom stereocenters. The fraction of sp³-hybridized carbons (Fsp3) is 0.467. The van der Waals surface area contributed by atoms with E-state index in [-0.39, 0.29) is 23.8 Å². The minimum absolute atomic E-state index is 0.0601. The molecule has 1 saturated carbocycles. The van der Waals surface area contributed by atoms with Crippen LogP contribution in [-0.2, 0) is 16.1 Å². The van der Waals surface area contributed by atoms with Gasteiger partial charge in [-0.1, -0.05) is 30.3 Å².